The highest BCUT2D eigenvalue weighted by atomic mass is 32.1. The number of benzene rings is 1. The Morgan fingerprint density at radius 2 is 2.11 bits per heavy atom. The molecule has 0 radical (unpaired) electrons. The largest absolute Gasteiger partial charge is 0.465 e. The maximum Gasteiger partial charge on any atom is 0.337 e. The zero-order chi connectivity index (χ0) is 20.3. The Morgan fingerprint density at radius 1 is 1.32 bits per heavy atom. The molecule has 148 valence electrons. The van der Waals surface area contributed by atoms with Crippen LogP contribution in [0.25, 0.3) is 10.2 Å². The number of carbonyl (C=O) groups excluding carboxylic acids is 2. The van der Waals surface area contributed by atoms with Crippen molar-refractivity contribution in [2.24, 2.45) is 12.0 Å². The number of thiazole rings is 1. The number of aryl methyl sites for hydroxylation is 2. The average molecular weight is 402 g/mol. The van der Waals surface area contributed by atoms with Gasteiger partial charge in [0.15, 0.2) is 10.5 Å². The molecule has 2 heterocycles. The molecule has 0 aliphatic carbocycles. The lowest BCUT2D eigenvalue weighted by Gasteiger charge is -2.06. The first-order valence-corrected chi connectivity index (χ1v) is 9.65. The number of esters is 1. The van der Waals surface area contributed by atoms with Crippen LogP contribution in [-0.2, 0) is 23.1 Å². The van der Waals surface area contributed by atoms with Crippen LogP contribution in [0.2, 0.25) is 0 Å². The summed E-state index contributed by atoms with van der Waals surface area (Å²) in [5.74, 6) is -0.808. The lowest BCUT2D eigenvalue weighted by molar-refractivity contribution is 0.0600. The van der Waals surface area contributed by atoms with Crippen LogP contribution >= 0.6 is 11.3 Å². The number of rotatable bonds is 6. The highest BCUT2D eigenvalue weighted by molar-refractivity contribution is 7.16. The zero-order valence-corrected chi connectivity index (χ0v) is 17.1. The summed E-state index contributed by atoms with van der Waals surface area (Å²) in [4.78, 5) is 29.3. The van der Waals surface area contributed by atoms with Crippen molar-refractivity contribution in [1.29, 1.82) is 0 Å². The molecular formula is C19H22N4O4S. The Hall–Kier alpha value is -2.78. The normalized spacial score (nSPS) is 11.9. The fourth-order valence-corrected chi connectivity index (χ4v) is 3.97. The summed E-state index contributed by atoms with van der Waals surface area (Å²) in [5.41, 5.74) is 2.42. The minimum absolute atomic E-state index is 0.326. The number of ether oxygens (including phenoxy) is 2. The minimum atomic E-state index is -0.408. The molecule has 8 nitrogen and oxygen atoms in total. The van der Waals surface area contributed by atoms with Crippen LogP contribution in [-0.4, -0.2) is 46.5 Å². The number of methoxy groups -OCH3 is 1. The second kappa shape index (κ2) is 8.49. The number of hydrogen-bond donors (Lipinski definition) is 0. The topological polar surface area (TPSA) is 87.7 Å². The molecule has 0 fully saturated rings. The fraction of sp³-hybridized carbons (Fsp3) is 0.368. The molecular weight excluding hydrogens is 380 g/mol. The molecule has 0 saturated heterocycles. The number of hydrogen-bond acceptors (Lipinski definition) is 6. The van der Waals surface area contributed by atoms with Crippen LogP contribution in [0.15, 0.2) is 29.4 Å². The van der Waals surface area contributed by atoms with Crippen molar-refractivity contribution in [3.8, 4) is 0 Å². The van der Waals surface area contributed by atoms with Gasteiger partial charge in [0.25, 0.3) is 5.91 Å². The SMILES string of the molecule is CCOCCn1c(=NC(=O)c2nn(C)cc2C)sc2cc(C(=O)OC)ccc21. The van der Waals surface area contributed by atoms with Crippen molar-refractivity contribution in [3.63, 3.8) is 0 Å². The Labute approximate surface area is 166 Å². The van der Waals surface area contributed by atoms with Gasteiger partial charge >= 0.3 is 5.97 Å². The summed E-state index contributed by atoms with van der Waals surface area (Å²) in [7, 11) is 3.11. The highest BCUT2D eigenvalue weighted by Gasteiger charge is 2.15. The van der Waals surface area contributed by atoms with Gasteiger partial charge in [-0.3, -0.25) is 9.48 Å². The molecule has 3 rings (SSSR count). The van der Waals surface area contributed by atoms with Gasteiger partial charge in [0, 0.05) is 32.0 Å². The standard InChI is InChI=1S/C19H22N4O4S/c1-5-27-9-8-23-14-7-6-13(18(25)26-4)10-15(14)28-19(23)20-17(24)16-12(2)11-22(3)21-16/h6-7,10-11H,5,8-9H2,1-4H3. The third kappa shape index (κ3) is 4.05. The van der Waals surface area contributed by atoms with E-state index in [4.69, 9.17) is 9.47 Å². The quantitative estimate of drug-likeness (QED) is 0.466. The number of nitrogens with zero attached hydrogens (tertiary/aromatic N) is 4. The van der Waals surface area contributed by atoms with Gasteiger partial charge in [-0.15, -0.1) is 0 Å². The van der Waals surface area contributed by atoms with Crippen LogP contribution in [0, 0.1) is 6.92 Å². The van der Waals surface area contributed by atoms with Crippen molar-refractivity contribution in [2.75, 3.05) is 20.3 Å². The highest BCUT2D eigenvalue weighted by Crippen LogP contribution is 2.20. The molecule has 9 heteroatoms. The van der Waals surface area contributed by atoms with Crippen molar-refractivity contribution < 1.29 is 19.1 Å². The molecule has 1 amide bonds. The number of aromatic nitrogens is 3. The first kappa shape index (κ1) is 20.0. The van der Waals surface area contributed by atoms with E-state index in [1.165, 1.54) is 18.4 Å². The van der Waals surface area contributed by atoms with Gasteiger partial charge in [-0.2, -0.15) is 10.1 Å². The van der Waals surface area contributed by atoms with Gasteiger partial charge in [-0.25, -0.2) is 4.79 Å². The van der Waals surface area contributed by atoms with Gasteiger partial charge in [0.1, 0.15) is 0 Å². The third-order valence-electron chi connectivity index (χ3n) is 4.18. The van der Waals surface area contributed by atoms with E-state index >= 15 is 0 Å². The van der Waals surface area contributed by atoms with E-state index in [9.17, 15) is 9.59 Å². The Morgan fingerprint density at radius 3 is 2.75 bits per heavy atom. The Balaban J connectivity index is 2.10. The Kier molecular flexibility index (Phi) is 6.05. The van der Waals surface area contributed by atoms with Crippen molar-refractivity contribution >= 4 is 33.4 Å². The molecule has 0 spiro atoms. The summed E-state index contributed by atoms with van der Waals surface area (Å²) in [6, 6.07) is 5.28. The van der Waals surface area contributed by atoms with E-state index < -0.39 is 11.9 Å². The molecule has 0 saturated carbocycles. The molecule has 1 aromatic carbocycles. The van der Waals surface area contributed by atoms with Crippen LogP contribution in [0.3, 0.4) is 0 Å². The summed E-state index contributed by atoms with van der Waals surface area (Å²) in [5, 5.41) is 4.20. The van der Waals surface area contributed by atoms with E-state index in [-0.39, 0.29) is 0 Å². The molecule has 0 aliphatic rings. The molecule has 0 bridgehead atoms. The lowest BCUT2D eigenvalue weighted by atomic mass is 10.2. The average Bonchev–Trinajstić information content (AvgIpc) is 3.19. The summed E-state index contributed by atoms with van der Waals surface area (Å²) in [6.45, 7) is 5.39. The molecule has 0 N–H and O–H groups in total. The predicted molar refractivity (Wildman–Crippen MR) is 105 cm³/mol. The lowest BCUT2D eigenvalue weighted by Crippen LogP contribution is -2.20. The monoisotopic (exact) mass is 402 g/mol. The predicted octanol–water partition coefficient (Wildman–Crippen LogP) is 2.31. The maximum absolute atomic E-state index is 12.7. The first-order valence-electron chi connectivity index (χ1n) is 8.83. The zero-order valence-electron chi connectivity index (χ0n) is 16.3. The molecule has 0 unspecified atom stereocenters. The van der Waals surface area contributed by atoms with Crippen molar-refractivity contribution in [2.45, 2.75) is 20.4 Å². The van der Waals surface area contributed by atoms with Gasteiger partial charge < -0.3 is 14.0 Å². The van der Waals surface area contributed by atoms with Crippen LogP contribution < -0.4 is 4.80 Å². The maximum atomic E-state index is 12.7. The fourth-order valence-electron chi connectivity index (χ4n) is 2.88. The second-order valence-corrected chi connectivity index (χ2v) is 7.17. The van der Waals surface area contributed by atoms with E-state index in [1.54, 1.807) is 30.1 Å². The van der Waals surface area contributed by atoms with E-state index in [0.29, 0.717) is 35.8 Å². The molecule has 3 aromatic rings. The van der Waals surface area contributed by atoms with Gasteiger partial charge in [0.05, 0.1) is 29.5 Å². The van der Waals surface area contributed by atoms with Crippen LogP contribution in [0.5, 0.6) is 0 Å². The molecule has 0 aliphatic heterocycles. The van der Waals surface area contributed by atoms with Crippen LogP contribution in [0.4, 0.5) is 0 Å². The summed E-state index contributed by atoms with van der Waals surface area (Å²) in [6.07, 6.45) is 1.78. The number of carbonyl (C=O) groups is 2. The number of fused-ring (bicyclic) bond motifs is 1. The van der Waals surface area contributed by atoms with Gasteiger partial charge in [-0.05, 0) is 32.0 Å². The van der Waals surface area contributed by atoms with E-state index in [0.717, 1.165) is 15.8 Å². The van der Waals surface area contributed by atoms with Crippen LogP contribution in [0.1, 0.15) is 33.3 Å². The smallest absolute Gasteiger partial charge is 0.337 e. The van der Waals surface area contributed by atoms with Crippen molar-refractivity contribution in [1.82, 2.24) is 14.3 Å². The minimum Gasteiger partial charge on any atom is -0.465 e. The molecule has 2 aromatic heterocycles. The molecule has 28 heavy (non-hydrogen) atoms. The van der Waals surface area contributed by atoms with E-state index in [1.807, 2.05) is 24.5 Å². The van der Waals surface area contributed by atoms with Crippen molar-refractivity contribution in [3.05, 3.63) is 46.0 Å². The summed E-state index contributed by atoms with van der Waals surface area (Å²) < 4.78 is 14.6. The Bertz CT molecular complexity index is 1090. The van der Waals surface area contributed by atoms with Gasteiger partial charge in [0.2, 0.25) is 0 Å². The third-order valence-corrected chi connectivity index (χ3v) is 5.22. The summed E-state index contributed by atoms with van der Waals surface area (Å²) >= 11 is 1.34. The molecule has 0 atom stereocenters. The van der Waals surface area contributed by atoms with Gasteiger partial charge in [-0.1, -0.05) is 11.3 Å². The first-order chi connectivity index (χ1) is 13.4. The number of amides is 1. The second-order valence-electron chi connectivity index (χ2n) is 6.16. The van der Waals surface area contributed by atoms with E-state index in [2.05, 4.69) is 10.1 Å².